The number of nitrogens with zero attached hydrogens (tertiary/aromatic N) is 2. The first kappa shape index (κ1) is 29.0. The summed E-state index contributed by atoms with van der Waals surface area (Å²) >= 11 is 0. The van der Waals surface area contributed by atoms with Crippen LogP contribution in [0.5, 0.6) is 0 Å². The number of hydrogen-bond donors (Lipinski definition) is 0. The van der Waals surface area contributed by atoms with Gasteiger partial charge in [0.2, 0.25) is 0 Å². The third kappa shape index (κ3) is 5.87. The average molecular weight is 569 g/mol. The third-order valence-electron chi connectivity index (χ3n) is 13.0. The van der Waals surface area contributed by atoms with E-state index in [0.717, 1.165) is 29.6 Å². The topological polar surface area (TPSA) is 6.48 Å². The summed E-state index contributed by atoms with van der Waals surface area (Å²) in [6.45, 7) is 2.56. The summed E-state index contributed by atoms with van der Waals surface area (Å²) in [6.07, 6.45) is 39.7. The molecule has 0 spiro atoms. The lowest BCUT2D eigenvalue weighted by Gasteiger charge is -2.48. The molecule has 1 aliphatic heterocycles. The molecule has 4 fully saturated rings. The molecule has 0 radical (unpaired) electrons. The lowest BCUT2D eigenvalue weighted by atomic mass is 9.66. The van der Waals surface area contributed by atoms with Crippen LogP contribution >= 0.6 is 0 Å². The molecular formula is C40H60N2. The van der Waals surface area contributed by atoms with Crippen LogP contribution in [0.25, 0.3) is 0 Å². The van der Waals surface area contributed by atoms with Gasteiger partial charge in [0.25, 0.3) is 0 Å². The van der Waals surface area contributed by atoms with E-state index in [1.165, 1.54) is 141 Å². The number of rotatable bonds is 6. The predicted octanol–water partition coefficient (Wildman–Crippen LogP) is 11.6. The second-order valence-electron chi connectivity index (χ2n) is 15.4. The highest BCUT2D eigenvalue weighted by Crippen LogP contribution is 2.49. The van der Waals surface area contributed by atoms with Gasteiger partial charge in [0.1, 0.15) is 6.17 Å². The summed E-state index contributed by atoms with van der Waals surface area (Å²) in [5.41, 5.74) is 6.87. The molecule has 1 aromatic rings. The smallest absolute Gasteiger partial charge is 0.103 e. The minimum atomic E-state index is 0.401. The maximum absolute atomic E-state index is 2.90. The minimum absolute atomic E-state index is 0.401. The fraction of sp³-hybridized carbons (Fsp3) is 0.750. The third-order valence-corrected chi connectivity index (χ3v) is 13.0. The first-order chi connectivity index (χ1) is 20.8. The summed E-state index contributed by atoms with van der Waals surface area (Å²) in [7, 11) is 0. The highest BCUT2D eigenvalue weighted by atomic mass is 15.4. The summed E-state index contributed by atoms with van der Waals surface area (Å²) in [4.78, 5) is 5.69. The maximum Gasteiger partial charge on any atom is 0.103 e. The van der Waals surface area contributed by atoms with Crippen molar-refractivity contribution >= 4 is 5.69 Å². The predicted molar refractivity (Wildman–Crippen MR) is 179 cm³/mol. The largest absolute Gasteiger partial charge is 0.349 e. The summed E-state index contributed by atoms with van der Waals surface area (Å²) in [5, 5.41) is 0. The Kier molecular flexibility index (Phi) is 9.35. The van der Waals surface area contributed by atoms with Gasteiger partial charge >= 0.3 is 0 Å². The van der Waals surface area contributed by atoms with Crippen LogP contribution < -0.4 is 4.90 Å². The number of allylic oxidation sites excluding steroid dienone is 1. The maximum atomic E-state index is 2.90. The first-order valence-electron chi connectivity index (χ1n) is 18.9. The van der Waals surface area contributed by atoms with Gasteiger partial charge in [0, 0.05) is 18.1 Å². The van der Waals surface area contributed by atoms with E-state index >= 15 is 0 Å². The standard InChI is InChI=1S/C40H60N2/c1-30-41(39-35(31-16-6-2-7-17-31)24-14-25-36(39)32-18-8-3-9-19-32)28-29-42(30)40-37(33-20-10-4-11-21-33)26-15-27-38(40)34-22-12-5-13-23-34/h14,24-26,28-34,38,40H,2-13,15-23,27H2,1H3. The van der Waals surface area contributed by atoms with Crippen molar-refractivity contribution < 1.29 is 0 Å². The van der Waals surface area contributed by atoms with Crippen LogP contribution in [0.1, 0.15) is 171 Å². The van der Waals surface area contributed by atoms with Crippen LogP contribution in [-0.2, 0) is 0 Å². The van der Waals surface area contributed by atoms with Gasteiger partial charge in [0.15, 0.2) is 0 Å². The fourth-order valence-electron chi connectivity index (χ4n) is 10.8. The average Bonchev–Trinajstić information content (AvgIpc) is 3.45. The van der Waals surface area contributed by atoms with Gasteiger partial charge in [-0.3, -0.25) is 0 Å². The van der Waals surface area contributed by atoms with Crippen LogP contribution in [-0.4, -0.2) is 17.1 Å². The molecule has 0 amide bonds. The van der Waals surface area contributed by atoms with E-state index in [2.05, 4.69) is 53.4 Å². The van der Waals surface area contributed by atoms with E-state index < -0.39 is 0 Å². The number of anilines is 1. The Morgan fingerprint density at radius 3 is 1.67 bits per heavy atom. The second kappa shape index (κ2) is 13.5. The Labute approximate surface area is 258 Å². The van der Waals surface area contributed by atoms with Crippen molar-refractivity contribution in [1.82, 2.24) is 4.90 Å². The molecule has 1 aromatic carbocycles. The molecule has 2 heteroatoms. The van der Waals surface area contributed by atoms with Crippen LogP contribution in [0.3, 0.4) is 0 Å². The zero-order valence-electron chi connectivity index (χ0n) is 27.0. The van der Waals surface area contributed by atoms with Crippen molar-refractivity contribution in [2.24, 2.45) is 17.8 Å². The van der Waals surface area contributed by atoms with Crippen molar-refractivity contribution in [2.75, 3.05) is 4.90 Å². The molecule has 0 bridgehead atoms. The normalized spacial score (nSPS) is 31.1. The van der Waals surface area contributed by atoms with Crippen molar-refractivity contribution in [2.45, 2.75) is 172 Å². The monoisotopic (exact) mass is 568 g/mol. The molecule has 7 rings (SSSR count). The molecule has 6 aliphatic rings. The molecule has 4 saturated carbocycles. The first-order valence-corrected chi connectivity index (χ1v) is 18.9. The number of hydrogen-bond acceptors (Lipinski definition) is 2. The van der Waals surface area contributed by atoms with E-state index in [1.54, 1.807) is 16.8 Å². The van der Waals surface area contributed by atoms with Gasteiger partial charge in [-0.05, 0) is 105 Å². The number of para-hydroxylation sites is 1. The minimum Gasteiger partial charge on any atom is -0.349 e. The molecule has 0 N–H and O–H groups in total. The Morgan fingerprint density at radius 1 is 0.571 bits per heavy atom. The van der Waals surface area contributed by atoms with Crippen molar-refractivity contribution in [3.05, 3.63) is 53.4 Å². The highest BCUT2D eigenvalue weighted by molar-refractivity contribution is 5.65. The Morgan fingerprint density at radius 2 is 1.10 bits per heavy atom. The van der Waals surface area contributed by atoms with Crippen molar-refractivity contribution in [1.29, 1.82) is 0 Å². The van der Waals surface area contributed by atoms with Gasteiger partial charge < -0.3 is 9.80 Å². The molecule has 230 valence electrons. The molecule has 3 unspecified atom stereocenters. The van der Waals surface area contributed by atoms with Crippen LogP contribution in [0.2, 0.25) is 0 Å². The van der Waals surface area contributed by atoms with Crippen molar-refractivity contribution in [3.63, 3.8) is 0 Å². The Hall–Kier alpha value is -1.70. The van der Waals surface area contributed by atoms with Crippen LogP contribution in [0.4, 0.5) is 5.69 Å². The molecular weight excluding hydrogens is 508 g/mol. The SMILES string of the molecule is CC1N(c2c(C3CCCCC3)cccc2C2CCCCC2)C=CN1C1C(C2CCCCC2)=CCCC1C1CCCCC1. The van der Waals surface area contributed by atoms with Gasteiger partial charge in [-0.2, -0.15) is 0 Å². The van der Waals surface area contributed by atoms with Crippen molar-refractivity contribution in [3.8, 4) is 0 Å². The van der Waals surface area contributed by atoms with Crippen LogP contribution in [0, 0.1) is 17.8 Å². The second-order valence-corrected chi connectivity index (χ2v) is 15.4. The van der Waals surface area contributed by atoms with E-state index in [1.807, 2.05) is 5.57 Å². The molecule has 0 saturated heterocycles. The summed E-state index contributed by atoms with van der Waals surface area (Å²) in [5.74, 6) is 4.09. The lowest BCUT2D eigenvalue weighted by molar-refractivity contribution is 0.106. The molecule has 1 heterocycles. The highest BCUT2D eigenvalue weighted by Gasteiger charge is 2.43. The fourth-order valence-corrected chi connectivity index (χ4v) is 10.8. The zero-order chi connectivity index (χ0) is 28.3. The Bertz CT molecular complexity index is 1040. The van der Waals surface area contributed by atoms with E-state index in [9.17, 15) is 0 Å². The van der Waals surface area contributed by atoms with E-state index in [0.29, 0.717) is 12.2 Å². The quantitative estimate of drug-likeness (QED) is 0.315. The van der Waals surface area contributed by atoms with Gasteiger partial charge in [-0.25, -0.2) is 0 Å². The van der Waals surface area contributed by atoms with E-state index in [-0.39, 0.29) is 0 Å². The Balaban J connectivity index is 1.24. The van der Waals surface area contributed by atoms with Gasteiger partial charge in [-0.15, -0.1) is 0 Å². The molecule has 2 nitrogen and oxygen atoms in total. The summed E-state index contributed by atoms with van der Waals surface area (Å²) in [6, 6.07) is 8.13. The van der Waals surface area contributed by atoms with Gasteiger partial charge in [0.05, 0.1) is 6.04 Å². The van der Waals surface area contributed by atoms with Crippen LogP contribution in [0.15, 0.2) is 42.2 Å². The van der Waals surface area contributed by atoms with E-state index in [4.69, 9.17) is 0 Å². The molecule has 3 atom stereocenters. The number of benzene rings is 1. The zero-order valence-corrected chi connectivity index (χ0v) is 27.0. The molecule has 5 aliphatic carbocycles. The molecule has 42 heavy (non-hydrogen) atoms. The van der Waals surface area contributed by atoms with Gasteiger partial charge in [-0.1, -0.05) is 114 Å². The molecule has 0 aromatic heterocycles. The summed E-state index contributed by atoms with van der Waals surface area (Å²) < 4.78 is 0. The lowest BCUT2D eigenvalue weighted by Crippen LogP contribution is -2.50.